The van der Waals surface area contributed by atoms with Gasteiger partial charge in [-0.15, -0.1) is 0 Å². The molecule has 144 valence electrons. The highest BCUT2D eigenvalue weighted by atomic mass is 16.5. The summed E-state index contributed by atoms with van der Waals surface area (Å²) in [6.45, 7) is 9.86. The minimum absolute atomic E-state index is 0.0193. The molecule has 2 rings (SSSR count). The number of nitrogens with one attached hydrogen (secondary N) is 1. The summed E-state index contributed by atoms with van der Waals surface area (Å²) >= 11 is 0. The molecule has 5 nitrogen and oxygen atoms in total. The predicted octanol–water partition coefficient (Wildman–Crippen LogP) is 3.51. The van der Waals surface area contributed by atoms with Crippen LogP contribution in [0.1, 0.15) is 52.5 Å². The highest BCUT2D eigenvalue weighted by molar-refractivity contribution is 5.77. The highest BCUT2D eigenvalue weighted by Crippen LogP contribution is 2.24. The Balaban J connectivity index is 1.88. The number of carbonyl (C=O) groups is 1. The van der Waals surface area contributed by atoms with Crippen LogP contribution in [0.5, 0.6) is 5.75 Å². The fraction of sp³-hybridized carbons (Fsp3) is 0.619. The van der Waals surface area contributed by atoms with Crippen molar-refractivity contribution < 1.29 is 9.53 Å². The Bertz CT molecular complexity index is 622. The van der Waals surface area contributed by atoms with Gasteiger partial charge >= 0.3 is 0 Å². The molecule has 0 aromatic carbocycles. The lowest BCUT2D eigenvalue weighted by atomic mass is 9.92. The number of aromatic nitrogens is 1. The van der Waals surface area contributed by atoms with E-state index < -0.39 is 0 Å². The van der Waals surface area contributed by atoms with E-state index in [-0.39, 0.29) is 17.4 Å². The van der Waals surface area contributed by atoms with Gasteiger partial charge in [0.05, 0.1) is 12.7 Å². The lowest BCUT2D eigenvalue weighted by Crippen LogP contribution is -2.33. The van der Waals surface area contributed by atoms with Gasteiger partial charge in [0.25, 0.3) is 0 Å². The van der Waals surface area contributed by atoms with Crippen LogP contribution in [-0.4, -0.2) is 48.1 Å². The van der Waals surface area contributed by atoms with Crippen molar-refractivity contribution in [3.8, 4) is 5.75 Å². The van der Waals surface area contributed by atoms with Crippen LogP contribution in [0.2, 0.25) is 0 Å². The molecule has 1 amide bonds. The van der Waals surface area contributed by atoms with Gasteiger partial charge in [0.15, 0.2) is 0 Å². The molecular weight excluding hydrogens is 326 g/mol. The maximum atomic E-state index is 12.4. The number of pyridine rings is 1. The van der Waals surface area contributed by atoms with E-state index >= 15 is 0 Å². The molecular formula is C21H33N3O2. The molecule has 26 heavy (non-hydrogen) atoms. The van der Waals surface area contributed by atoms with Crippen molar-refractivity contribution >= 4 is 12.0 Å². The van der Waals surface area contributed by atoms with Gasteiger partial charge in [-0.2, -0.15) is 0 Å². The van der Waals surface area contributed by atoms with Crippen molar-refractivity contribution in [1.29, 1.82) is 0 Å². The van der Waals surface area contributed by atoms with E-state index in [1.54, 1.807) is 6.20 Å². The first-order valence-corrected chi connectivity index (χ1v) is 9.50. The van der Waals surface area contributed by atoms with Crippen molar-refractivity contribution in [3.63, 3.8) is 0 Å². The number of hydrogen-bond acceptors (Lipinski definition) is 4. The summed E-state index contributed by atoms with van der Waals surface area (Å²) in [7, 11) is 1.96. The summed E-state index contributed by atoms with van der Waals surface area (Å²) in [5, 5.41) is 3.21. The molecule has 2 heterocycles. The highest BCUT2D eigenvalue weighted by Gasteiger charge is 2.29. The molecule has 0 aliphatic carbocycles. The van der Waals surface area contributed by atoms with E-state index in [4.69, 9.17) is 4.74 Å². The molecule has 1 N–H and O–H groups in total. The first-order chi connectivity index (χ1) is 12.3. The molecule has 1 aliphatic heterocycles. The second-order valence-corrected chi connectivity index (χ2v) is 8.39. The van der Waals surface area contributed by atoms with Crippen LogP contribution in [0.25, 0.3) is 6.08 Å². The number of likely N-dealkylation sites (tertiary alicyclic amines) is 1. The number of carbonyl (C=O) groups excluding carboxylic acids is 1. The third-order valence-corrected chi connectivity index (χ3v) is 4.51. The lowest BCUT2D eigenvalue weighted by Gasteiger charge is -2.23. The maximum Gasteiger partial charge on any atom is 0.223 e. The van der Waals surface area contributed by atoms with Crippen LogP contribution < -0.4 is 10.1 Å². The Morgan fingerprint density at radius 2 is 2.23 bits per heavy atom. The second-order valence-electron chi connectivity index (χ2n) is 8.39. The minimum atomic E-state index is 0.0193. The standard InChI is InChI=1S/C21H33N3O2/c1-16(22-5)7-6-8-17-11-19(14-23-13-17)26-18-9-10-24(15-18)20(25)12-21(2,3)4/h6,8,11,13-14,16,18,22H,7,9-10,12,15H2,1-5H3/b8-6+/t16-,18+/m0/s1. The molecule has 5 heteroatoms. The van der Waals surface area contributed by atoms with E-state index in [9.17, 15) is 4.79 Å². The zero-order valence-corrected chi connectivity index (χ0v) is 16.8. The zero-order chi connectivity index (χ0) is 19.2. The van der Waals surface area contributed by atoms with Crippen LogP contribution in [0, 0.1) is 5.41 Å². The first kappa shape index (κ1) is 20.4. The Morgan fingerprint density at radius 3 is 2.92 bits per heavy atom. The third kappa shape index (κ3) is 6.79. The van der Waals surface area contributed by atoms with E-state index in [1.807, 2.05) is 24.2 Å². The molecule has 1 aromatic heterocycles. The van der Waals surface area contributed by atoms with Crippen molar-refractivity contribution in [3.05, 3.63) is 30.1 Å². The van der Waals surface area contributed by atoms with Crippen LogP contribution in [0.4, 0.5) is 0 Å². The molecule has 1 aromatic rings. The Kier molecular flexibility index (Phi) is 7.21. The number of hydrogen-bond donors (Lipinski definition) is 1. The molecule has 0 spiro atoms. The monoisotopic (exact) mass is 359 g/mol. The van der Waals surface area contributed by atoms with Crippen molar-refractivity contribution in [1.82, 2.24) is 15.2 Å². The average molecular weight is 360 g/mol. The van der Waals surface area contributed by atoms with Gasteiger partial charge in [-0.1, -0.05) is 32.9 Å². The Labute approximate surface area is 157 Å². The van der Waals surface area contributed by atoms with Gasteiger partial charge in [-0.05, 0) is 37.4 Å². The van der Waals surface area contributed by atoms with Gasteiger partial charge in [-0.25, -0.2) is 0 Å². The minimum Gasteiger partial charge on any atom is -0.487 e. The smallest absolute Gasteiger partial charge is 0.223 e. The summed E-state index contributed by atoms with van der Waals surface area (Å²) in [5.74, 6) is 0.987. The third-order valence-electron chi connectivity index (χ3n) is 4.51. The molecule has 0 bridgehead atoms. The average Bonchev–Trinajstić information content (AvgIpc) is 3.02. The molecule has 2 atom stereocenters. The maximum absolute atomic E-state index is 12.4. The van der Waals surface area contributed by atoms with Gasteiger partial charge in [0, 0.05) is 31.6 Å². The summed E-state index contributed by atoms with van der Waals surface area (Å²) in [6, 6.07) is 2.46. The summed E-state index contributed by atoms with van der Waals surface area (Å²) < 4.78 is 6.07. The lowest BCUT2D eigenvalue weighted by molar-refractivity contribution is -0.132. The molecule has 0 saturated carbocycles. The van der Waals surface area contributed by atoms with Crippen LogP contribution in [0.15, 0.2) is 24.5 Å². The molecule has 1 fully saturated rings. The number of rotatable bonds is 7. The zero-order valence-electron chi connectivity index (χ0n) is 16.8. The van der Waals surface area contributed by atoms with Gasteiger partial charge < -0.3 is 15.0 Å². The van der Waals surface area contributed by atoms with E-state index in [0.29, 0.717) is 19.0 Å². The van der Waals surface area contributed by atoms with E-state index in [2.05, 4.69) is 50.1 Å². The normalized spacial score (nSPS) is 19.1. The number of nitrogens with zero attached hydrogens (tertiary/aromatic N) is 2. The fourth-order valence-electron chi connectivity index (χ4n) is 2.93. The van der Waals surface area contributed by atoms with Crippen LogP contribution in [0.3, 0.4) is 0 Å². The largest absolute Gasteiger partial charge is 0.487 e. The predicted molar refractivity (Wildman–Crippen MR) is 106 cm³/mol. The second kappa shape index (κ2) is 9.17. The molecule has 0 radical (unpaired) electrons. The van der Waals surface area contributed by atoms with Gasteiger partial charge in [-0.3, -0.25) is 9.78 Å². The van der Waals surface area contributed by atoms with Crippen molar-refractivity contribution in [2.75, 3.05) is 20.1 Å². The summed E-state index contributed by atoms with van der Waals surface area (Å²) in [6.07, 6.45) is 10.3. The number of amides is 1. The summed E-state index contributed by atoms with van der Waals surface area (Å²) in [5.41, 5.74) is 1.05. The van der Waals surface area contributed by atoms with Gasteiger partial charge in [0.2, 0.25) is 5.91 Å². The van der Waals surface area contributed by atoms with Crippen molar-refractivity contribution in [2.24, 2.45) is 5.41 Å². The SMILES string of the molecule is CN[C@@H](C)C/C=C/c1cncc(O[C@@H]2CCN(C(=O)CC(C)(C)C)C2)c1. The first-order valence-electron chi connectivity index (χ1n) is 9.50. The van der Waals surface area contributed by atoms with Crippen LogP contribution in [-0.2, 0) is 4.79 Å². The van der Waals surface area contributed by atoms with Crippen LogP contribution >= 0.6 is 0 Å². The summed E-state index contributed by atoms with van der Waals surface area (Å²) in [4.78, 5) is 18.6. The molecule has 0 unspecified atom stereocenters. The van der Waals surface area contributed by atoms with Gasteiger partial charge in [0.1, 0.15) is 11.9 Å². The van der Waals surface area contributed by atoms with E-state index in [0.717, 1.165) is 30.7 Å². The number of ether oxygens (including phenoxy) is 1. The molecule has 1 saturated heterocycles. The van der Waals surface area contributed by atoms with Crippen molar-refractivity contribution in [2.45, 2.75) is 59.1 Å². The quantitative estimate of drug-likeness (QED) is 0.809. The van der Waals surface area contributed by atoms with E-state index in [1.165, 1.54) is 0 Å². The fourth-order valence-corrected chi connectivity index (χ4v) is 2.93. The topological polar surface area (TPSA) is 54.5 Å². The molecule has 1 aliphatic rings. The Morgan fingerprint density at radius 1 is 1.46 bits per heavy atom. The Hall–Kier alpha value is -1.88.